The molecule has 0 fully saturated rings. The van der Waals surface area contributed by atoms with E-state index < -0.39 is 6.04 Å². The summed E-state index contributed by atoms with van der Waals surface area (Å²) < 4.78 is 0. The van der Waals surface area contributed by atoms with Gasteiger partial charge in [-0.15, -0.1) is 0 Å². The van der Waals surface area contributed by atoms with E-state index in [1.54, 1.807) is 24.3 Å². The van der Waals surface area contributed by atoms with E-state index >= 15 is 0 Å². The lowest BCUT2D eigenvalue weighted by Gasteiger charge is -2.37. The van der Waals surface area contributed by atoms with Crippen LogP contribution < -0.4 is 15.5 Å². The van der Waals surface area contributed by atoms with E-state index in [1.165, 1.54) is 6.92 Å². The largest absolute Gasteiger partial charge is 0.358 e. The van der Waals surface area contributed by atoms with Gasteiger partial charge in [0, 0.05) is 17.8 Å². The van der Waals surface area contributed by atoms with Crippen LogP contribution in [0.25, 0.3) is 0 Å². The molecule has 0 saturated carbocycles. The van der Waals surface area contributed by atoms with Crippen LogP contribution in [0.3, 0.4) is 0 Å². The van der Waals surface area contributed by atoms with Gasteiger partial charge in [-0.25, -0.2) is 0 Å². The predicted octanol–water partition coefficient (Wildman–Crippen LogP) is 3.07. The summed E-state index contributed by atoms with van der Waals surface area (Å²) in [7, 11) is 0. The second kappa shape index (κ2) is 7.39. The average Bonchev–Trinajstić information content (AvgIpc) is 2.62. The van der Waals surface area contributed by atoms with Crippen LogP contribution in [0.2, 0.25) is 0 Å². The number of nitrogens with zero attached hydrogens (tertiary/aromatic N) is 1. The normalized spacial score (nSPS) is 15.8. The molecule has 6 nitrogen and oxygen atoms in total. The molecule has 0 unspecified atom stereocenters. The minimum Gasteiger partial charge on any atom is -0.358 e. The fourth-order valence-corrected chi connectivity index (χ4v) is 3.12. The number of benzene rings is 2. The Hall–Kier alpha value is -3.15. The van der Waals surface area contributed by atoms with Gasteiger partial charge >= 0.3 is 0 Å². The molecule has 0 aliphatic carbocycles. The Bertz CT molecular complexity index is 846. The van der Waals surface area contributed by atoms with Gasteiger partial charge in [0.25, 0.3) is 0 Å². The molecule has 1 aliphatic rings. The number of Topliss-reactive ketones (excluding diaryl/α,β-unsaturated/α-hetero) is 1. The van der Waals surface area contributed by atoms with Crippen molar-refractivity contribution in [3.05, 3.63) is 54.1 Å². The monoisotopic (exact) mass is 351 g/mol. The van der Waals surface area contributed by atoms with Gasteiger partial charge in [0.05, 0.1) is 17.8 Å². The Morgan fingerprint density at radius 3 is 2.46 bits per heavy atom. The van der Waals surface area contributed by atoms with Gasteiger partial charge in [0.1, 0.15) is 6.04 Å². The van der Waals surface area contributed by atoms with E-state index in [9.17, 15) is 14.4 Å². The summed E-state index contributed by atoms with van der Waals surface area (Å²) in [4.78, 5) is 38.1. The van der Waals surface area contributed by atoms with Crippen molar-refractivity contribution in [1.29, 1.82) is 0 Å². The van der Waals surface area contributed by atoms with Crippen molar-refractivity contribution in [3.8, 4) is 0 Å². The van der Waals surface area contributed by atoms with E-state index in [-0.39, 0.29) is 24.0 Å². The van der Waals surface area contributed by atoms with Gasteiger partial charge in [-0.1, -0.05) is 12.1 Å². The zero-order valence-corrected chi connectivity index (χ0v) is 14.8. The lowest BCUT2D eigenvalue weighted by atomic mass is 10.0. The van der Waals surface area contributed by atoms with E-state index in [4.69, 9.17) is 0 Å². The second-order valence-electron chi connectivity index (χ2n) is 6.19. The molecule has 2 amide bonds. The van der Waals surface area contributed by atoms with Crippen LogP contribution in [0.1, 0.15) is 30.6 Å². The van der Waals surface area contributed by atoms with Crippen LogP contribution in [0.15, 0.2) is 48.5 Å². The van der Waals surface area contributed by atoms with Gasteiger partial charge in [0.15, 0.2) is 5.78 Å². The molecule has 2 N–H and O–H groups in total. The molecule has 1 aliphatic heterocycles. The minimum absolute atomic E-state index is 0.0287. The van der Waals surface area contributed by atoms with E-state index in [2.05, 4.69) is 10.6 Å². The molecule has 2 aromatic carbocycles. The van der Waals surface area contributed by atoms with Crippen molar-refractivity contribution >= 4 is 34.7 Å². The van der Waals surface area contributed by atoms with E-state index in [0.29, 0.717) is 17.8 Å². The SMILES string of the molecule is CCN1c2ccccc2NC(=O)[C@@H]1CC(=O)Nc1ccc(C(C)=O)cc1. The fraction of sp³-hybridized carbons (Fsp3) is 0.250. The molecular weight excluding hydrogens is 330 g/mol. The van der Waals surface area contributed by atoms with Crippen LogP contribution in [0, 0.1) is 0 Å². The third kappa shape index (κ3) is 3.59. The second-order valence-corrected chi connectivity index (χ2v) is 6.19. The maximum atomic E-state index is 12.5. The van der Waals surface area contributed by atoms with Crippen LogP contribution in [0.4, 0.5) is 17.1 Å². The molecule has 26 heavy (non-hydrogen) atoms. The number of anilines is 3. The standard InChI is InChI=1S/C20H21N3O3/c1-3-23-17-7-5-4-6-16(17)22-20(26)18(23)12-19(25)21-15-10-8-14(9-11-15)13(2)24/h4-11,18H,3,12H2,1-2H3,(H,21,25)(H,22,26)/t18-/m0/s1. The summed E-state index contributed by atoms with van der Waals surface area (Å²) in [5.74, 6) is -0.467. The fourth-order valence-electron chi connectivity index (χ4n) is 3.12. The number of fused-ring (bicyclic) bond motifs is 1. The minimum atomic E-state index is -0.564. The number of likely N-dealkylation sites (N-methyl/N-ethyl adjacent to an activating group) is 1. The molecule has 0 radical (unpaired) electrons. The molecule has 1 heterocycles. The maximum absolute atomic E-state index is 12.5. The summed E-state index contributed by atoms with van der Waals surface area (Å²) in [5.41, 5.74) is 2.86. The van der Waals surface area contributed by atoms with Gasteiger partial charge in [-0.3, -0.25) is 14.4 Å². The first-order valence-electron chi connectivity index (χ1n) is 8.57. The first-order valence-corrected chi connectivity index (χ1v) is 8.57. The quantitative estimate of drug-likeness (QED) is 0.812. The molecule has 0 aromatic heterocycles. The van der Waals surface area contributed by atoms with Crippen LogP contribution >= 0.6 is 0 Å². The Morgan fingerprint density at radius 2 is 1.81 bits per heavy atom. The van der Waals surface area contributed by atoms with Gasteiger partial charge < -0.3 is 15.5 Å². The zero-order valence-electron chi connectivity index (χ0n) is 14.8. The number of hydrogen-bond donors (Lipinski definition) is 2. The molecule has 0 saturated heterocycles. The number of carbonyl (C=O) groups excluding carboxylic acids is 3. The first-order chi connectivity index (χ1) is 12.5. The molecule has 0 bridgehead atoms. The summed E-state index contributed by atoms with van der Waals surface area (Å²) in [5, 5.41) is 5.65. The number of amides is 2. The lowest BCUT2D eigenvalue weighted by Crippen LogP contribution is -2.49. The van der Waals surface area contributed by atoms with Crippen LogP contribution in [-0.2, 0) is 9.59 Å². The highest BCUT2D eigenvalue weighted by molar-refractivity contribution is 6.06. The Morgan fingerprint density at radius 1 is 1.12 bits per heavy atom. The molecule has 3 rings (SSSR count). The van der Waals surface area contributed by atoms with Gasteiger partial charge in [-0.05, 0) is 50.2 Å². The molecule has 134 valence electrons. The Kier molecular flexibility index (Phi) is 5.02. The number of rotatable bonds is 5. The number of hydrogen-bond acceptors (Lipinski definition) is 4. The summed E-state index contributed by atoms with van der Waals surface area (Å²) in [6.07, 6.45) is 0.0441. The lowest BCUT2D eigenvalue weighted by molar-refractivity contribution is -0.122. The number of ketones is 1. The third-order valence-corrected chi connectivity index (χ3v) is 4.44. The highest BCUT2D eigenvalue weighted by atomic mass is 16.2. The highest BCUT2D eigenvalue weighted by Crippen LogP contribution is 2.32. The third-order valence-electron chi connectivity index (χ3n) is 4.44. The smallest absolute Gasteiger partial charge is 0.247 e. The van der Waals surface area contributed by atoms with Crippen LogP contribution in [0.5, 0.6) is 0 Å². The van der Waals surface area contributed by atoms with E-state index in [0.717, 1.165) is 11.4 Å². The van der Waals surface area contributed by atoms with Crippen molar-refractivity contribution in [2.75, 3.05) is 22.1 Å². The molecule has 2 aromatic rings. The maximum Gasteiger partial charge on any atom is 0.247 e. The van der Waals surface area contributed by atoms with Gasteiger partial charge in [0.2, 0.25) is 11.8 Å². The Balaban J connectivity index is 1.72. The van der Waals surface area contributed by atoms with Crippen molar-refractivity contribution in [1.82, 2.24) is 0 Å². The molecular formula is C20H21N3O3. The summed E-state index contributed by atoms with van der Waals surface area (Å²) in [6.45, 7) is 4.07. The van der Waals surface area contributed by atoms with Crippen molar-refractivity contribution in [2.24, 2.45) is 0 Å². The van der Waals surface area contributed by atoms with E-state index in [1.807, 2.05) is 36.1 Å². The summed E-state index contributed by atoms with van der Waals surface area (Å²) >= 11 is 0. The Labute approximate surface area is 152 Å². The number of nitrogens with one attached hydrogen (secondary N) is 2. The molecule has 0 spiro atoms. The number of para-hydroxylation sites is 2. The predicted molar refractivity (Wildman–Crippen MR) is 102 cm³/mol. The zero-order chi connectivity index (χ0) is 18.7. The molecule has 6 heteroatoms. The molecule has 1 atom stereocenters. The van der Waals surface area contributed by atoms with Crippen molar-refractivity contribution in [3.63, 3.8) is 0 Å². The van der Waals surface area contributed by atoms with Gasteiger partial charge in [-0.2, -0.15) is 0 Å². The number of carbonyl (C=O) groups is 3. The topological polar surface area (TPSA) is 78.5 Å². The summed E-state index contributed by atoms with van der Waals surface area (Å²) in [6, 6.07) is 13.7. The van der Waals surface area contributed by atoms with Crippen molar-refractivity contribution in [2.45, 2.75) is 26.3 Å². The van der Waals surface area contributed by atoms with Crippen molar-refractivity contribution < 1.29 is 14.4 Å². The first kappa shape index (κ1) is 17.7. The highest BCUT2D eigenvalue weighted by Gasteiger charge is 2.33. The van der Waals surface area contributed by atoms with Crippen LogP contribution in [-0.4, -0.2) is 30.2 Å². The average molecular weight is 351 g/mol.